The Balaban J connectivity index is 1.83. The van der Waals surface area contributed by atoms with Crippen molar-refractivity contribution in [2.75, 3.05) is 25.5 Å². The summed E-state index contributed by atoms with van der Waals surface area (Å²) in [5.41, 5.74) is 1.56. The average Bonchev–Trinajstić information content (AvgIpc) is 3.25. The van der Waals surface area contributed by atoms with Gasteiger partial charge in [0.05, 0.1) is 30.6 Å². The number of hydrogen-bond donors (Lipinski definition) is 2. The molecule has 3 heterocycles. The quantitative estimate of drug-likeness (QED) is 0.620. The van der Waals surface area contributed by atoms with Gasteiger partial charge in [0, 0.05) is 17.4 Å². The van der Waals surface area contributed by atoms with E-state index in [1.54, 1.807) is 17.4 Å². The Labute approximate surface area is 154 Å². The standard InChI is InChI=1S/C18H20N2O3S2/c1-3-20-9-8-13-14(11-20)25-17(16(13)18(22)23-2)19-15(21)7-6-12-5-4-10-24-12/h4-7,10H,3,8-9,11H2,1-2H3,(H,19,21)/p+1/b7-6+. The molecule has 1 aliphatic heterocycles. The number of carbonyl (C=O) groups is 2. The van der Waals surface area contributed by atoms with Crippen LogP contribution in [0.2, 0.25) is 0 Å². The molecule has 25 heavy (non-hydrogen) atoms. The van der Waals surface area contributed by atoms with Crippen LogP contribution in [-0.4, -0.2) is 32.1 Å². The third-order valence-electron chi connectivity index (χ3n) is 4.30. The van der Waals surface area contributed by atoms with Gasteiger partial charge >= 0.3 is 5.97 Å². The van der Waals surface area contributed by atoms with Gasteiger partial charge in [-0.05, 0) is 30.0 Å². The third-order valence-corrected chi connectivity index (χ3v) is 6.28. The number of hydrogen-bond acceptors (Lipinski definition) is 5. The van der Waals surface area contributed by atoms with Crippen LogP contribution >= 0.6 is 22.7 Å². The van der Waals surface area contributed by atoms with Crippen molar-refractivity contribution >= 4 is 45.6 Å². The SMILES string of the molecule is CC[NH+]1CCc2c(sc(NC(=O)/C=C/c3cccs3)c2C(=O)OC)C1. The lowest BCUT2D eigenvalue weighted by atomic mass is 10.0. The van der Waals surface area contributed by atoms with Crippen LogP contribution in [-0.2, 0) is 22.5 Å². The van der Waals surface area contributed by atoms with Gasteiger partial charge in [-0.25, -0.2) is 4.79 Å². The number of nitrogens with one attached hydrogen (secondary N) is 2. The summed E-state index contributed by atoms with van der Waals surface area (Å²) in [4.78, 5) is 28.2. The van der Waals surface area contributed by atoms with Crippen LogP contribution in [0.25, 0.3) is 6.08 Å². The summed E-state index contributed by atoms with van der Waals surface area (Å²) < 4.78 is 4.95. The number of rotatable bonds is 5. The van der Waals surface area contributed by atoms with E-state index in [2.05, 4.69) is 12.2 Å². The molecule has 2 aromatic heterocycles. The second kappa shape index (κ2) is 7.95. The van der Waals surface area contributed by atoms with Crippen molar-refractivity contribution in [3.8, 4) is 0 Å². The zero-order valence-electron chi connectivity index (χ0n) is 14.3. The summed E-state index contributed by atoms with van der Waals surface area (Å²) in [5, 5.41) is 5.42. The van der Waals surface area contributed by atoms with Crippen molar-refractivity contribution in [1.29, 1.82) is 0 Å². The van der Waals surface area contributed by atoms with E-state index in [-0.39, 0.29) is 11.9 Å². The molecule has 0 radical (unpaired) electrons. The molecule has 0 saturated carbocycles. The van der Waals surface area contributed by atoms with Crippen LogP contribution in [0.3, 0.4) is 0 Å². The molecule has 0 spiro atoms. The second-order valence-corrected chi connectivity index (χ2v) is 7.90. The first kappa shape index (κ1) is 17.8. The van der Waals surface area contributed by atoms with E-state index < -0.39 is 0 Å². The number of likely N-dealkylation sites (N-methyl/N-ethyl adjacent to an activating group) is 1. The fraction of sp³-hybridized carbons (Fsp3) is 0.333. The van der Waals surface area contributed by atoms with Crippen molar-refractivity contribution in [1.82, 2.24) is 0 Å². The molecule has 0 fully saturated rings. The number of carbonyl (C=O) groups excluding carboxylic acids is 2. The number of methoxy groups -OCH3 is 1. The second-order valence-electron chi connectivity index (χ2n) is 5.82. The maximum absolute atomic E-state index is 12.3. The molecular formula is C18H21N2O3S2+. The minimum atomic E-state index is -0.380. The number of quaternary nitrogens is 1. The van der Waals surface area contributed by atoms with Crippen molar-refractivity contribution < 1.29 is 19.2 Å². The van der Waals surface area contributed by atoms with Gasteiger partial charge in [-0.3, -0.25) is 4.79 Å². The molecular weight excluding hydrogens is 356 g/mol. The summed E-state index contributed by atoms with van der Waals surface area (Å²) in [6.07, 6.45) is 4.10. The van der Waals surface area contributed by atoms with Gasteiger partial charge in [-0.1, -0.05) is 6.07 Å². The first-order valence-electron chi connectivity index (χ1n) is 8.21. The highest BCUT2D eigenvalue weighted by Crippen LogP contribution is 2.35. The highest BCUT2D eigenvalue weighted by atomic mass is 32.1. The van der Waals surface area contributed by atoms with E-state index in [0.717, 1.165) is 36.5 Å². The van der Waals surface area contributed by atoms with Gasteiger partial charge in [0.1, 0.15) is 11.5 Å². The minimum absolute atomic E-state index is 0.239. The zero-order valence-corrected chi connectivity index (χ0v) is 15.9. The van der Waals surface area contributed by atoms with Crippen molar-refractivity contribution in [2.45, 2.75) is 19.9 Å². The molecule has 0 aliphatic carbocycles. The van der Waals surface area contributed by atoms with E-state index >= 15 is 0 Å². The fourth-order valence-corrected chi connectivity index (χ4v) is 4.87. The molecule has 132 valence electrons. The van der Waals surface area contributed by atoms with E-state index in [9.17, 15) is 9.59 Å². The molecule has 5 nitrogen and oxygen atoms in total. The monoisotopic (exact) mass is 377 g/mol. The highest BCUT2D eigenvalue weighted by Gasteiger charge is 2.30. The van der Waals surface area contributed by atoms with E-state index in [4.69, 9.17) is 4.74 Å². The molecule has 7 heteroatoms. The highest BCUT2D eigenvalue weighted by molar-refractivity contribution is 7.17. The molecule has 1 aliphatic rings. The summed E-state index contributed by atoms with van der Waals surface area (Å²) in [6, 6.07) is 3.88. The van der Waals surface area contributed by atoms with Gasteiger partial charge in [-0.15, -0.1) is 22.7 Å². The Morgan fingerprint density at radius 3 is 2.96 bits per heavy atom. The lowest BCUT2D eigenvalue weighted by Gasteiger charge is -2.22. The first-order valence-corrected chi connectivity index (χ1v) is 9.91. The molecule has 3 rings (SSSR count). The van der Waals surface area contributed by atoms with Gasteiger partial charge in [0.2, 0.25) is 5.91 Å². The lowest BCUT2D eigenvalue weighted by Crippen LogP contribution is -3.11. The van der Waals surface area contributed by atoms with Crippen LogP contribution in [0.4, 0.5) is 5.00 Å². The number of anilines is 1. The van der Waals surface area contributed by atoms with Crippen LogP contribution in [0.1, 0.15) is 32.6 Å². The Kier molecular flexibility index (Phi) is 5.67. The Morgan fingerprint density at radius 1 is 1.44 bits per heavy atom. The largest absolute Gasteiger partial charge is 0.465 e. The molecule has 1 amide bonds. The number of fused-ring (bicyclic) bond motifs is 1. The molecule has 0 aromatic carbocycles. The summed E-state index contributed by atoms with van der Waals surface area (Å²) >= 11 is 3.06. The van der Waals surface area contributed by atoms with E-state index in [1.165, 1.54) is 34.3 Å². The first-order chi connectivity index (χ1) is 12.1. The number of amides is 1. The molecule has 2 N–H and O–H groups in total. The number of esters is 1. The fourth-order valence-electron chi connectivity index (χ4n) is 2.94. The van der Waals surface area contributed by atoms with E-state index in [0.29, 0.717) is 10.6 Å². The smallest absolute Gasteiger partial charge is 0.341 e. The summed E-state index contributed by atoms with van der Waals surface area (Å²) in [6.45, 7) is 5.10. The summed E-state index contributed by atoms with van der Waals surface area (Å²) in [5.74, 6) is -0.619. The molecule has 0 bridgehead atoms. The Bertz CT molecular complexity index is 794. The number of ether oxygens (including phenoxy) is 1. The predicted molar refractivity (Wildman–Crippen MR) is 101 cm³/mol. The molecule has 1 unspecified atom stereocenters. The number of thiophene rings is 2. The van der Waals surface area contributed by atoms with Crippen LogP contribution in [0, 0.1) is 0 Å². The molecule has 2 aromatic rings. The van der Waals surface area contributed by atoms with Crippen molar-refractivity contribution in [3.05, 3.63) is 44.5 Å². The van der Waals surface area contributed by atoms with Crippen LogP contribution < -0.4 is 10.2 Å². The predicted octanol–water partition coefficient (Wildman–Crippen LogP) is 2.21. The lowest BCUT2D eigenvalue weighted by molar-refractivity contribution is -0.913. The summed E-state index contributed by atoms with van der Waals surface area (Å²) in [7, 11) is 1.38. The molecule has 1 atom stereocenters. The normalized spacial score (nSPS) is 16.6. The Morgan fingerprint density at radius 2 is 2.28 bits per heavy atom. The van der Waals surface area contributed by atoms with Crippen molar-refractivity contribution in [3.63, 3.8) is 0 Å². The van der Waals surface area contributed by atoms with Crippen LogP contribution in [0.15, 0.2) is 23.6 Å². The van der Waals surface area contributed by atoms with Gasteiger partial charge in [0.15, 0.2) is 0 Å². The van der Waals surface area contributed by atoms with Gasteiger partial charge in [0.25, 0.3) is 0 Å². The van der Waals surface area contributed by atoms with Gasteiger partial charge in [-0.2, -0.15) is 0 Å². The zero-order chi connectivity index (χ0) is 17.8. The van der Waals surface area contributed by atoms with Gasteiger partial charge < -0.3 is 15.0 Å². The van der Waals surface area contributed by atoms with Crippen LogP contribution in [0.5, 0.6) is 0 Å². The average molecular weight is 378 g/mol. The minimum Gasteiger partial charge on any atom is -0.465 e. The topological polar surface area (TPSA) is 59.8 Å². The Hall–Kier alpha value is -1.96. The van der Waals surface area contributed by atoms with Crippen molar-refractivity contribution in [2.24, 2.45) is 0 Å². The van der Waals surface area contributed by atoms with E-state index in [1.807, 2.05) is 17.5 Å². The third kappa shape index (κ3) is 4.00. The maximum atomic E-state index is 12.3. The molecule has 0 saturated heterocycles. The maximum Gasteiger partial charge on any atom is 0.341 e.